The van der Waals surface area contributed by atoms with Crippen molar-refractivity contribution in [1.82, 2.24) is 0 Å². The number of ketones is 1. The second kappa shape index (κ2) is 10.8. The van der Waals surface area contributed by atoms with E-state index >= 15 is 0 Å². The van der Waals surface area contributed by atoms with Crippen molar-refractivity contribution in [3.63, 3.8) is 0 Å². The van der Waals surface area contributed by atoms with Crippen molar-refractivity contribution in [1.29, 1.82) is 0 Å². The summed E-state index contributed by atoms with van der Waals surface area (Å²) in [6.07, 6.45) is 14.2. The molecule has 0 saturated heterocycles. The first kappa shape index (κ1) is 18.2. The summed E-state index contributed by atoms with van der Waals surface area (Å²) in [6.45, 7) is 11.1. The molecule has 0 amide bonds. The fourth-order valence-corrected chi connectivity index (χ4v) is 3.42. The third-order valence-electron chi connectivity index (χ3n) is 5.08. The molecule has 0 aliphatic heterocycles. The number of nitrogens with zero attached hydrogens (tertiary/aromatic N) is 1. The van der Waals surface area contributed by atoms with Crippen molar-refractivity contribution in [2.75, 3.05) is 0 Å². The molecule has 0 aromatic heterocycles. The highest BCUT2D eigenvalue weighted by Gasteiger charge is 2.21. The molecule has 0 aromatic rings. The lowest BCUT2D eigenvalue weighted by molar-refractivity contribution is -0.119. The lowest BCUT2D eigenvalue weighted by Crippen LogP contribution is -2.16. The van der Waals surface area contributed by atoms with Crippen molar-refractivity contribution < 1.29 is 4.79 Å². The fraction of sp³-hybridized carbons (Fsp3) is 0.895. The summed E-state index contributed by atoms with van der Waals surface area (Å²) < 4.78 is 0. The predicted molar refractivity (Wildman–Crippen MR) is 89.1 cm³/mol. The van der Waals surface area contributed by atoms with E-state index in [0.29, 0.717) is 12.2 Å². The lowest BCUT2D eigenvalue weighted by atomic mass is 9.78. The zero-order chi connectivity index (χ0) is 15.5. The number of unbranched alkanes of at least 4 members (excludes halogenated alkanes) is 2. The van der Waals surface area contributed by atoms with E-state index in [9.17, 15) is 4.79 Å². The Bertz CT molecular complexity index is 323. The molecule has 120 valence electrons. The topological polar surface area (TPSA) is 21.4 Å². The fourth-order valence-electron chi connectivity index (χ4n) is 3.42. The molecule has 1 fully saturated rings. The van der Waals surface area contributed by atoms with Gasteiger partial charge in [-0.15, -0.1) is 0 Å². The summed E-state index contributed by atoms with van der Waals surface area (Å²) in [7, 11) is 0. The summed E-state index contributed by atoms with van der Waals surface area (Å²) in [5, 5.41) is 0. The average molecular weight is 291 g/mol. The monoisotopic (exact) mass is 291 g/mol. The van der Waals surface area contributed by atoms with Crippen molar-refractivity contribution >= 4 is 5.78 Å². The molecule has 2 heteroatoms. The quantitative estimate of drug-likeness (QED) is 0.367. The molecule has 1 unspecified atom stereocenters. The largest absolute Gasteiger partial charge is 0.314 e. The molecular weight excluding hydrogens is 258 g/mol. The van der Waals surface area contributed by atoms with Gasteiger partial charge < -0.3 is 4.85 Å². The third-order valence-corrected chi connectivity index (χ3v) is 5.08. The summed E-state index contributed by atoms with van der Waals surface area (Å²) >= 11 is 0. The SMILES string of the molecule is [C-]#[N+]C(C)CCC(=O)CCC1CCC(CCCCC)CC1. The van der Waals surface area contributed by atoms with Crippen molar-refractivity contribution in [2.45, 2.75) is 96.9 Å². The lowest BCUT2D eigenvalue weighted by Gasteiger charge is -2.28. The molecule has 21 heavy (non-hydrogen) atoms. The van der Waals surface area contributed by atoms with Crippen LogP contribution in [-0.4, -0.2) is 11.8 Å². The molecule has 1 rings (SSSR count). The van der Waals surface area contributed by atoms with Crippen molar-refractivity contribution in [2.24, 2.45) is 11.8 Å². The van der Waals surface area contributed by atoms with Crippen LogP contribution >= 0.6 is 0 Å². The Labute approximate surface area is 131 Å². The number of hydrogen-bond acceptors (Lipinski definition) is 1. The molecule has 0 aromatic carbocycles. The van der Waals surface area contributed by atoms with Crippen LogP contribution in [0.4, 0.5) is 0 Å². The Morgan fingerprint density at radius 2 is 1.71 bits per heavy atom. The van der Waals surface area contributed by atoms with Gasteiger partial charge in [-0.25, -0.2) is 6.57 Å². The number of rotatable bonds is 10. The molecule has 0 radical (unpaired) electrons. The molecule has 1 saturated carbocycles. The first-order chi connectivity index (χ1) is 10.2. The number of carbonyl (C=O) groups is 1. The molecule has 1 aliphatic rings. The normalized spacial score (nSPS) is 23.5. The summed E-state index contributed by atoms with van der Waals surface area (Å²) in [6, 6.07) is 0.00695. The molecule has 0 spiro atoms. The van der Waals surface area contributed by atoms with Gasteiger partial charge in [0.05, 0.1) is 0 Å². The van der Waals surface area contributed by atoms with Gasteiger partial charge in [0.15, 0.2) is 0 Å². The van der Waals surface area contributed by atoms with Gasteiger partial charge in [0.2, 0.25) is 6.04 Å². The van der Waals surface area contributed by atoms with Crippen LogP contribution in [0.3, 0.4) is 0 Å². The Morgan fingerprint density at radius 1 is 1.10 bits per heavy atom. The summed E-state index contributed by atoms with van der Waals surface area (Å²) in [4.78, 5) is 15.3. The highest BCUT2D eigenvalue weighted by molar-refractivity contribution is 5.78. The average Bonchev–Trinajstić information content (AvgIpc) is 2.52. The maximum absolute atomic E-state index is 11.8. The zero-order valence-corrected chi connectivity index (χ0v) is 14.1. The van der Waals surface area contributed by atoms with Crippen LogP contribution in [0.25, 0.3) is 4.85 Å². The second-order valence-electron chi connectivity index (χ2n) is 6.98. The van der Waals surface area contributed by atoms with Gasteiger partial charge in [-0.2, -0.15) is 0 Å². The van der Waals surface area contributed by atoms with Gasteiger partial charge in [0, 0.05) is 26.2 Å². The number of Topliss-reactive ketones (excluding diaryl/α,β-unsaturated/α-hetero) is 1. The number of carbonyl (C=O) groups excluding carboxylic acids is 1. The van der Waals surface area contributed by atoms with Gasteiger partial charge in [-0.05, 0) is 18.3 Å². The maximum atomic E-state index is 11.8. The Morgan fingerprint density at radius 3 is 2.29 bits per heavy atom. The first-order valence-electron chi connectivity index (χ1n) is 9.04. The van der Waals surface area contributed by atoms with Crippen LogP contribution in [0.1, 0.15) is 90.9 Å². The predicted octanol–water partition coefficient (Wildman–Crippen LogP) is 5.81. The minimum atomic E-state index is 0.00695. The van der Waals surface area contributed by atoms with E-state index in [1.165, 1.54) is 51.4 Å². The van der Waals surface area contributed by atoms with Gasteiger partial charge in [0.1, 0.15) is 5.78 Å². The van der Waals surface area contributed by atoms with Crippen LogP contribution in [-0.2, 0) is 4.79 Å². The van der Waals surface area contributed by atoms with E-state index in [1.54, 1.807) is 0 Å². The third kappa shape index (κ3) is 8.24. The molecular formula is C19H33NO. The molecule has 0 N–H and O–H groups in total. The van der Waals surface area contributed by atoms with E-state index in [4.69, 9.17) is 6.57 Å². The van der Waals surface area contributed by atoms with E-state index in [2.05, 4.69) is 11.8 Å². The van der Waals surface area contributed by atoms with Crippen LogP contribution in [0.5, 0.6) is 0 Å². The Kier molecular flexibility index (Phi) is 9.39. The van der Waals surface area contributed by atoms with Gasteiger partial charge >= 0.3 is 0 Å². The molecule has 0 heterocycles. The standard InChI is InChI=1S/C19H33NO/c1-4-5-6-7-17-9-11-18(12-10-17)13-15-19(21)14-8-16(2)20-3/h16-18H,4-15H2,1-2H3. The summed E-state index contributed by atoms with van der Waals surface area (Å²) in [5.74, 6) is 2.12. The van der Waals surface area contributed by atoms with Crippen LogP contribution in [0.15, 0.2) is 0 Å². The highest BCUT2D eigenvalue weighted by atomic mass is 16.1. The smallest absolute Gasteiger partial charge is 0.221 e. The second-order valence-corrected chi connectivity index (χ2v) is 6.98. The van der Waals surface area contributed by atoms with E-state index in [-0.39, 0.29) is 6.04 Å². The van der Waals surface area contributed by atoms with Crippen molar-refractivity contribution in [3.05, 3.63) is 11.4 Å². The Balaban J connectivity index is 2.07. The van der Waals surface area contributed by atoms with Gasteiger partial charge in [-0.1, -0.05) is 58.3 Å². The zero-order valence-electron chi connectivity index (χ0n) is 14.1. The Hall–Kier alpha value is -0.840. The minimum absolute atomic E-state index is 0.00695. The van der Waals surface area contributed by atoms with Gasteiger partial charge in [-0.3, -0.25) is 4.79 Å². The minimum Gasteiger partial charge on any atom is -0.314 e. The molecule has 0 bridgehead atoms. The highest BCUT2D eigenvalue weighted by Crippen LogP contribution is 2.34. The first-order valence-corrected chi connectivity index (χ1v) is 9.04. The number of hydrogen-bond donors (Lipinski definition) is 0. The van der Waals surface area contributed by atoms with Crippen LogP contribution in [0.2, 0.25) is 0 Å². The maximum Gasteiger partial charge on any atom is 0.221 e. The van der Waals surface area contributed by atoms with Gasteiger partial charge in [0.25, 0.3) is 0 Å². The molecule has 1 atom stereocenters. The van der Waals surface area contributed by atoms with E-state index in [1.807, 2.05) is 6.92 Å². The van der Waals surface area contributed by atoms with Crippen LogP contribution < -0.4 is 0 Å². The van der Waals surface area contributed by atoms with Crippen LogP contribution in [0, 0.1) is 18.4 Å². The molecule has 2 nitrogen and oxygen atoms in total. The van der Waals surface area contributed by atoms with Crippen molar-refractivity contribution in [3.8, 4) is 0 Å². The summed E-state index contributed by atoms with van der Waals surface area (Å²) in [5.41, 5.74) is 0. The van der Waals surface area contributed by atoms with E-state index < -0.39 is 0 Å². The molecule has 1 aliphatic carbocycles. The van der Waals surface area contributed by atoms with E-state index in [0.717, 1.165) is 31.1 Å².